The van der Waals surface area contributed by atoms with Crippen molar-refractivity contribution in [3.63, 3.8) is 0 Å². The van der Waals surface area contributed by atoms with Crippen LogP contribution in [-0.2, 0) is 6.42 Å². The summed E-state index contributed by atoms with van der Waals surface area (Å²) in [6.07, 6.45) is 1.76. The molecule has 0 saturated carbocycles. The molecule has 2 amide bonds. The van der Waals surface area contributed by atoms with E-state index in [1.54, 1.807) is 6.92 Å². The fourth-order valence-electron chi connectivity index (χ4n) is 3.25. The number of aryl methyl sites for hydroxylation is 2. The van der Waals surface area contributed by atoms with Crippen LogP contribution in [0.4, 0.5) is 11.4 Å². The van der Waals surface area contributed by atoms with Crippen LogP contribution in [-0.4, -0.2) is 27.9 Å². The number of carbonyl (C=O) groups excluding carboxylic acids is 2. The Balaban J connectivity index is 1.58. The molecule has 2 heterocycles. The van der Waals surface area contributed by atoms with Crippen molar-refractivity contribution in [1.82, 2.24) is 9.59 Å². The molecule has 7 heteroatoms. The smallest absolute Gasteiger partial charge is 0.269 e. The quantitative estimate of drug-likeness (QED) is 0.754. The highest BCUT2D eigenvalue weighted by Crippen LogP contribution is 2.31. The van der Waals surface area contributed by atoms with E-state index in [0.29, 0.717) is 28.4 Å². The second kappa shape index (κ2) is 7.28. The topological polar surface area (TPSA) is 75.2 Å². The number of hydrogen-bond acceptors (Lipinski definition) is 5. The van der Waals surface area contributed by atoms with Crippen LogP contribution in [0.3, 0.4) is 0 Å². The summed E-state index contributed by atoms with van der Waals surface area (Å²) >= 11 is 1.08. The first kappa shape index (κ1) is 17.4. The predicted molar refractivity (Wildman–Crippen MR) is 105 cm³/mol. The van der Waals surface area contributed by atoms with Crippen LogP contribution in [0, 0.1) is 6.92 Å². The van der Waals surface area contributed by atoms with E-state index in [1.165, 1.54) is 0 Å². The van der Waals surface area contributed by atoms with E-state index in [4.69, 9.17) is 0 Å². The van der Waals surface area contributed by atoms with Gasteiger partial charge >= 0.3 is 0 Å². The second-order valence-electron chi connectivity index (χ2n) is 6.41. The average molecular weight is 378 g/mol. The van der Waals surface area contributed by atoms with Crippen molar-refractivity contribution in [3.05, 3.63) is 70.2 Å². The molecule has 0 aliphatic carbocycles. The van der Waals surface area contributed by atoms with Gasteiger partial charge in [-0.25, -0.2) is 0 Å². The maximum atomic E-state index is 12.9. The molecule has 1 N–H and O–H groups in total. The summed E-state index contributed by atoms with van der Waals surface area (Å²) in [6.45, 7) is 2.45. The Morgan fingerprint density at radius 3 is 2.70 bits per heavy atom. The molecular formula is C20H18N4O2S. The third-order valence-electron chi connectivity index (χ3n) is 4.58. The first-order valence-electron chi connectivity index (χ1n) is 8.73. The molecule has 6 nitrogen and oxygen atoms in total. The molecule has 1 aliphatic rings. The van der Waals surface area contributed by atoms with Crippen molar-refractivity contribution in [3.8, 4) is 0 Å². The number of nitrogens with zero attached hydrogens (tertiary/aromatic N) is 3. The zero-order valence-corrected chi connectivity index (χ0v) is 15.6. The van der Waals surface area contributed by atoms with Crippen molar-refractivity contribution in [2.45, 2.75) is 19.8 Å². The fraction of sp³-hybridized carbons (Fsp3) is 0.200. The van der Waals surface area contributed by atoms with Crippen LogP contribution >= 0.6 is 11.5 Å². The molecule has 0 unspecified atom stereocenters. The number of benzene rings is 2. The standard InChI is InChI=1S/C20H18N4O2S/c1-13-18(27-23-22-13)19(25)21-16-9-10-17-15(12-16)8-5-11-24(17)20(26)14-6-3-2-4-7-14/h2-4,6-7,9-10,12H,5,8,11H2,1H3,(H,21,25). The molecule has 1 aromatic heterocycles. The number of fused-ring (bicyclic) bond motifs is 1. The SMILES string of the molecule is Cc1nnsc1C(=O)Nc1ccc2c(c1)CCCN2C(=O)c1ccccc1. The van der Waals surface area contributed by atoms with Crippen LogP contribution < -0.4 is 10.2 Å². The Bertz CT molecular complexity index is 1000. The van der Waals surface area contributed by atoms with Gasteiger partial charge in [0.25, 0.3) is 11.8 Å². The third-order valence-corrected chi connectivity index (χ3v) is 5.41. The van der Waals surface area contributed by atoms with Gasteiger partial charge in [0.05, 0.1) is 5.69 Å². The van der Waals surface area contributed by atoms with Crippen molar-refractivity contribution in [2.75, 3.05) is 16.8 Å². The summed E-state index contributed by atoms with van der Waals surface area (Å²) < 4.78 is 3.80. The zero-order chi connectivity index (χ0) is 18.8. The summed E-state index contributed by atoms with van der Waals surface area (Å²) in [6, 6.07) is 15.0. The number of anilines is 2. The van der Waals surface area contributed by atoms with E-state index in [1.807, 2.05) is 53.4 Å². The Labute approximate surface area is 161 Å². The van der Waals surface area contributed by atoms with Crippen LogP contribution in [0.5, 0.6) is 0 Å². The van der Waals surface area contributed by atoms with E-state index in [2.05, 4.69) is 14.9 Å². The minimum atomic E-state index is -0.213. The third kappa shape index (κ3) is 3.46. The molecule has 1 aliphatic heterocycles. The van der Waals surface area contributed by atoms with E-state index in [-0.39, 0.29) is 11.8 Å². The van der Waals surface area contributed by atoms with Gasteiger partial charge < -0.3 is 10.2 Å². The van der Waals surface area contributed by atoms with Gasteiger partial charge in [0.1, 0.15) is 4.88 Å². The average Bonchev–Trinajstić information content (AvgIpc) is 3.13. The molecule has 0 radical (unpaired) electrons. The van der Waals surface area contributed by atoms with Gasteiger partial charge in [0.15, 0.2) is 0 Å². The van der Waals surface area contributed by atoms with Gasteiger partial charge in [-0.15, -0.1) is 5.10 Å². The highest BCUT2D eigenvalue weighted by atomic mass is 32.1. The summed E-state index contributed by atoms with van der Waals surface area (Å²) in [5, 5.41) is 6.77. The summed E-state index contributed by atoms with van der Waals surface area (Å²) in [7, 11) is 0. The Kier molecular flexibility index (Phi) is 4.68. The number of aromatic nitrogens is 2. The zero-order valence-electron chi connectivity index (χ0n) is 14.8. The van der Waals surface area contributed by atoms with E-state index in [0.717, 1.165) is 35.6 Å². The first-order chi connectivity index (χ1) is 13.1. The molecule has 2 aromatic carbocycles. The molecule has 0 spiro atoms. The summed E-state index contributed by atoms with van der Waals surface area (Å²) in [5.41, 5.74) is 3.97. The van der Waals surface area contributed by atoms with Crippen molar-refractivity contribution >= 4 is 34.7 Å². The largest absolute Gasteiger partial charge is 0.321 e. The molecule has 136 valence electrons. The van der Waals surface area contributed by atoms with Crippen molar-refractivity contribution < 1.29 is 9.59 Å². The summed E-state index contributed by atoms with van der Waals surface area (Å²) in [5.74, 6) is -0.213. The van der Waals surface area contributed by atoms with Gasteiger partial charge in [-0.05, 0) is 67.2 Å². The Hall–Kier alpha value is -3.06. The highest BCUT2D eigenvalue weighted by molar-refractivity contribution is 7.08. The number of rotatable bonds is 3. The molecule has 4 rings (SSSR count). The fourth-order valence-corrected chi connectivity index (χ4v) is 3.80. The molecule has 3 aromatic rings. The lowest BCUT2D eigenvalue weighted by Crippen LogP contribution is -2.35. The van der Waals surface area contributed by atoms with Crippen LogP contribution in [0.25, 0.3) is 0 Å². The van der Waals surface area contributed by atoms with E-state index in [9.17, 15) is 9.59 Å². The lowest BCUT2D eigenvalue weighted by molar-refractivity contribution is 0.0983. The molecule has 0 fully saturated rings. The number of carbonyl (C=O) groups is 2. The van der Waals surface area contributed by atoms with Crippen LogP contribution in [0.1, 0.15) is 37.7 Å². The number of nitrogens with one attached hydrogen (secondary N) is 1. The Morgan fingerprint density at radius 1 is 1.15 bits per heavy atom. The minimum absolute atomic E-state index is 0.000283. The van der Waals surface area contributed by atoms with Gasteiger partial charge in [0.2, 0.25) is 0 Å². The molecule has 27 heavy (non-hydrogen) atoms. The van der Waals surface area contributed by atoms with E-state index < -0.39 is 0 Å². The lowest BCUT2D eigenvalue weighted by Gasteiger charge is -2.30. The van der Waals surface area contributed by atoms with Crippen molar-refractivity contribution in [1.29, 1.82) is 0 Å². The highest BCUT2D eigenvalue weighted by Gasteiger charge is 2.24. The minimum Gasteiger partial charge on any atom is -0.321 e. The normalized spacial score (nSPS) is 13.1. The predicted octanol–water partition coefficient (Wildman–Crippen LogP) is 3.69. The Morgan fingerprint density at radius 2 is 1.96 bits per heavy atom. The number of amides is 2. The van der Waals surface area contributed by atoms with Gasteiger partial charge in [0, 0.05) is 23.5 Å². The molecule has 0 bridgehead atoms. The van der Waals surface area contributed by atoms with Gasteiger partial charge in [-0.1, -0.05) is 22.7 Å². The molecule has 0 atom stereocenters. The van der Waals surface area contributed by atoms with Crippen molar-refractivity contribution in [2.24, 2.45) is 0 Å². The number of hydrogen-bond donors (Lipinski definition) is 1. The van der Waals surface area contributed by atoms with Crippen LogP contribution in [0.2, 0.25) is 0 Å². The molecule has 0 saturated heterocycles. The first-order valence-corrected chi connectivity index (χ1v) is 9.51. The van der Waals surface area contributed by atoms with E-state index >= 15 is 0 Å². The van der Waals surface area contributed by atoms with Gasteiger partial charge in [-0.3, -0.25) is 9.59 Å². The van der Waals surface area contributed by atoms with Gasteiger partial charge in [-0.2, -0.15) is 0 Å². The second-order valence-corrected chi connectivity index (χ2v) is 7.17. The maximum Gasteiger partial charge on any atom is 0.269 e. The monoisotopic (exact) mass is 378 g/mol. The lowest BCUT2D eigenvalue weighted by atomic mass is 10.00. The van der Waals surface area contributed by atoms with Crippen LogP contribution in [0.15, 0.2) is 48.5 Å². The maximum absolute atomic E-state index is 12.9. The molecular weight excluding hydrogens is 360 g/mol. The summed E-state index contributed by atoms with van der Waals surface area (Å²) in [4.78, 5) is 27.6.